The fourth-order valence-electron chi connectivity index (χ4n) is 11.0. The third-order valence-corrected chi connectivity index (χ3v) is 16.7. The van der Waals surface area contributed by atoms with Gasteiger partial charge < -0.3 is 145 Å². The Bertz CT molecular complexity index is 2840. The van der Waals surface area contributed by atoms with Crippen molar-refractivity contribution in [1.29, 1.82) is 0 Å². The summed E-state index contributed by atoms with van der Waals surface area (Å²) in [6.45, 7) is 4.64. The standard InChI is InChI=1S/C53H80N5O34P/c1-17(2)8-7-9-18(3)12-13-79-25(45(73)74)16-81-93(77,78)92-51-40(41(90-52(55)75)53(6,76)42(89-51)43(54)71)88-46-27(56-19(4)60)30(65)36-24(83-46)15-80-48-35(70)37(29(64)23(14-59)82-48)85-50-39(31(66)28(57-20(5)61)47(84-36)91-50)87-49-34(69)32(67)33(68)38(86-49)44(72)58-26-21(62)10-11-22(26)63/h8,12,23-25,27-42,46-51,59,62,64-70,76H,7,9-11,13-16H2,1-6H3,(H2,54,71)(H2,55,75)(H,56,60)(H,57,61)(H,58,72)(H,73,74)(H,77,78)/b18-12-/t23?,24?,25-,27?,28?,29-,30?,31?,32?,33-,34?,35?,36-,37?,38?,39+,40?,41?,42?,46+,47-,48-,49+,50?,51-,53+/m1/s1. The van der Waals surface area contributed by atoms with Crippen LogP contribution < -0.4 is 27.4 Å². The number of primary amides is 2. The number of ketones is 1. The second kappa shape index (κ2) is 31.7. The SMILES string of the molecule is CC(=O)NC1C(O)[C@@H]2O[C@@H]3OC(OC4C(O)[C@H](OCC2O[C@H]1OC1C(OC(N)=O)[C@](C)(O)C(C(N)=O)O[C@@H]1OP(=O)(O)OC[C@@H](OC/C=C(/C)CCC=C(C)C)C(=O)O)OC(CO)[C@H]4O)[C@@H](O[C@@H]1OC(C(=O)NC2=C(O)CCC2=O)[C@H](O)C(O)C1O)C(O)C3NC(C)=O. The van der Waals surface area contributed by atoms with E-state index in [-0.39, 0.29) is 19.4 Å². The lowest BCUT2D eigenvalue weighted by Gasteiger charge is -2.53. The van der Waals surface area contributed by atoms with Gasteiger partial charge in [0.2, 0.25) is 17.7 Å². The molecule has 7 aliphatic rings. The molecule has 16 unspecified atom stereocenters. The zero-order valence-corrected chi connectivity index (χ0v) is 51.6. The Hall–Kier alpha value is -5.38. The average Bonchev–Trinajstić information content (AvgIpc) is 1.07. The maximum Gasteiger partial charge on any atom is 0.474 e. The number of allylic oxidation sites excluding steroid dienone is 5. The van der Waals surface area contributed by atoms with Crippen molar-refractivity contribution in [2.45, 2.75) is 226 Å². The van der Waals surface area contributed by atoms with Gasteiger partial charge in [-0.3, -0.25) is 33.0 Å². The number of aliphatic hydroxyl groups excluding tert-OH is 9. The van der Waals surface area contributed by atoms with Gasteiger partial charge in [-0.2, -0.15) is 0 Å². The lowest BCUT2D eigenvalue weighted by Crippen LogP contribution is -2.73. The van der Waals surface area contributed by atoms with Gasteiger partial charge in [-0.05, 0) is 40.5 Å². The Labute approximate surface area is 528 Å². The van der Waals surface area contributed by atoms with Crippen molar-refractivity contribution in [1.82, 2.24) is 16.0 Å². The number of phosphoric ester groups is 1. The molecule has 1 aliphatic carbocycles. The van der Waals surface area contributed by atoms with Gasteiger partial charge in [0.05, 0.1) is 26.4 Å². The van der Waals surface area contributed by atoms with Crippen LogP contribution in [0, 0.1) is 0 Å². The monoisotopic (exact) mass is 1360 g/mol. The van der Waals surface area contributed by atoms with Crippen LogP contribution in [0.4, 0.5) is 4.79 Å². The second-order valence-corrected chi connectivity index (χ2v) is 24.6. The molecule has 0 spiro atoms. The van der Waals surface area contributed by atoms with Crippen LogP contribution in [-0.4, -0.2) is 288 Å². The quantitative estimate of drug-likeness (QED) is 0.0334. The van der Waals surface area contributed by atoms with Crippen molar-refractivity contribution in [3.05, 3.63) is 34.8 Å². The third kappa shape index (κ3) is 18.0. The van der Waals surface area contributed by atoms with E-state index in [2.05, 4.69) is 16.0 Å². The fraction of sp³-hybridized carbons (Fsp3) is 0.755. The molecule has 0 radical (unpaired) electrons. The number of carboxylic acids is 1. The molecule has 0 aromatic heterocycles. The molecule has 5 amide bonds. The number of nitrogens with two attached hydrogens (primary N) is 2. The number of carbonyl (C=O) groups is 7. The Morgan fingerprint density at radius 3 is 2.00 bits per heavy atom. The number of carbonyl (C=O) groups excluding carboxylic acids is 6. The van der Waals surface area contributed by atoms with Crippen molar-refractivity contribution >= 4 is 49.3 Å². The fourth-order valence-corrected chi connectivity index (χ4v) is 11.8. The van der Waals surface area contributed by atoms with Gasteiger partial charge in [0.25, 0.3) is 5.91 Å². The van der Waals surface area contributed by atoms with Crippen LogP contribution in [0.3, 0.4) is 0 Å². The summed E-state index contributed by atoms with van der Waals surface area (Å²) in [6, 6.07) is -4.06. The van der Waals surface area contributed by atoms with Crippen LogP contribution in [-0.2, 0) is 99.2 Å². The number of ether oxygens (including phenoxy) is 12. The van der Waals surface area contributed by atoms with Crippen molar-refractivity contribution < 1.29 is 165 Å². The summed E-state index contributed by atoms with van der Waals surface area (Å²) in [5.74, 6) is -7.78. The minimum atomic E-state index is -5.79. The predicted octanol–water partition coefficient (Wildman–Crippen LogP) is -7.09. The van der Waals surface area contributed by atoms with E-state index in [4.69, 9.17) is 77.4 Å². The first-order valence-electron chi connectivity index (χ1n) is 29.0. The largest absolute Gasteiger partial charge is 0.510 e. The molecule has 39 nitrogen and oxygen atoms in total. The molecule has 4 bridgehead atoms. The first-order valence-corrected chi connectivity index (χ1v) is 30.5. The Balaban J connectivity index is 1.23. The minimum absolute atomic E-state index is 0.157. The number of carboxylic acid groups (broad SMARTS) is 1. The van der Waals surface area contributed by atoms with Gasteiger partial charge in [-0.15, -0.1) is 0 Å². The van der Waals surface area contributed by atoms with Gasteiger partial charge in [-0.25, -0.2) is 14.2 Å². The molecule has 526 valence electrons. The summed E-state index contributed by atoms with van der Waals surface area (Å²) < 4.78 is 94.6. The first kappa shape index (κ1) is 75.0. The van der Waals surface area contributed by atoms with Gasteiger partial charge in [0, 0.05) is 26.7 Å². The molecule has 6 aliphatic heterocycles. The van der Waals surface area contributed by atoms with E-state index in [0.29, 0.717) is 12.8 Å². The van der Waals surface area contributed by atoms with E-state index in [1.165, 1.54) is 0 Å². The Morgan fingerprint density at radius 2 is 1.40 bits per heavy atom. The summed E-state index contributed by atoms with van der Waals surface area (Å²) in [5, 5.41) is 131. The van der Waals surface area contributed by atoms with E-state index >= 15 is 0 Å². The van der Waals surface area contributed by atoms with E-state index in [0.717, 1.165) is 31.9 Å². The Morgan fingerprint density at radius 1 is 0.742 bits per heavy atom. The Kier molecular flexibility index (Phi) is 25.5. The molecule has 6 heterocycles. The third-order valence-electron chi connectivity index (χ3n) is 15.8. The lowest BCUT2D eigenvalue weighted by atomic mass is 9.85. The van der Waals surface area contributed by atoms with Gasteiger partial charge in [0.1, 0.15) is 102 Å². The smallest absolute Gasteiger partial charge is 0.474 e. The summed E-state index contributed by atoms with van der Waals surface area (Å²) in [4.78, 5) is 101. The number of hydrogen-bond donors (Lipinski definition) is 17. The molecule has 0 aromatic rings. The van der Waals surface area contributed by atoms with Crippen molar-refractivity contribution in [2.75, 3.05) is 26.4 Å². The van der Waals surface area contributed by atoms with Crippen molar-refractivity contribution in [3.8, 4) is 0 Å². The zero-order chi connectivity index (χ0) is 68.9. The predicted molar refractivity (Wildman–Crippen MR) is 296 cm³/mol. The van der Waals surface area contributed by atoms with E-state index in [1.54, 1.807) is 13.0 Å². The van der Waals surface area contributed by atoms with Crippen LogP contribution in [0.25, 0.3) is 0 Å². The molecule has 27 atom stereocenters. The van der Waals surface area contributed by atoms with Crippen LogP contribution in [0.2, 0.25) is 0 Å². The minimum Gasteiger partial charge on any atom is -0.510 e. The molecule has 6 saturated heterocycles. The topological polar surface area (TPSA) is 597 Å². The molecule has 0 saturated carbocycles. The molecule has 7 rings (SSSR count). The molecule has 19 N–H and O–H groups in total. The number of fused-ring (bicyclic) bond motifs is 5. The number of hydrogen-bond acceptors (Lipinski definition) is 32. The maximum atomic E-state index is 13.9. The van der Waals surface area contributed by atoms with Crippen molar-refractivity contribution in [2.24, 2.45) is 11.5 Å². The van der Waals surface area contributed by atoms with E-state index in [1.807, 2.05) is 19.9 Å². The highest BCUT2D eigenvalue weighted by Crippen LogP contribution is 2.49. The molecular formula is C53H80N5O34P. The summed E-state index contributed by atoms with van der Waals surface area (Å²) in [5.41, 5.74) is 9.41. The summed E-state index contributed by atoms with van der Waals surface area (Å²) in [7, 11) is -5.79. The highest BCUT2D eigenvalue weighted by Gasteiger charge is 2.63. The van der Waals surface area contributed by atoms with E-state index < -0.39 is 240 Å². The molecular weight excluding hydrogens is 1280 g/mol. The van der Waals surface area contributed by atoms with Crippen LogP contribution in [0.15, 0.2) is 34.8 Å². The number of aliphatic hydroxyl groups is 10. The van der Waals surface area contributed by atoms with Gasteiger partial charge in [-0.1, -0.05) is 23.3 Å². The average molecular weight is 1360 g/mol. The number of nitrogens with one attached hydrogen (secondary N) is 3. The van der Waals surface area contributed by atoms with Crippen LogP contribution in [0.1, 0.15) is 67.2 Å². The number of aliphatic carboxylic acids is 1. The highest BCUT2D eigenvalue weighted by atomic mass is 31.2. The first-order chi connectivity index (χ1) is 43.5. The van der Waals surface area contributed by atoms with Gasteiger partial charge >= 0.3 is 19.9 Å². The normalized spacial score (nSPS) is 40.0. The van der Waals surface area contributed by atoms with E-state index in [9.17, 15) is 99.2 Å². The number of rotatable bonds is 23. The molecule has 93 heavy (non-hydrogen) atoms. The van der Waals surface area contributed by atoms with Crippen LogP contribution in [0.5, 0.6) is 0 Å². The summed E-state index contributed by atoms with van der Waals surface area (Å²) in [6.07, 6.45) is -48.6. The van der Waals surface area contributed by atoms with Gasteiger partial charge in [0.15, 0.2) is 74.0 Å². The summed E-state index contributed by atoms with van der Waals surface area (Å²) >= 11 is 0. The maximum absolute atomic E-state index is 13.9. The second-order valence-electron chi connectivity index (χ2n) is 23.2. The van der Waals surface area contributed by atoms with Crippen molar-refractivity contribution in [3.63, 3.8) is 0 Å². The highest BCUT2D eigenvalue weighted by molar-refractivity contribution is 7.47. The lowest BCUT2D eigenvalue weighted by molar-refractivity contribution is -0.415. The zero-order valence-electron chi connectivity index (χ0n) is 50.7. The number of Topliss-reactive ketones (excluding diaryl/α,β-unsaturated/α-hetero) is 1. The number of amides is 5. The van der Waals surface area contributed by atoms with Crippen LogP contribution >= 0.6 is 7.82 Å². The molecule has 40 heteroatoms. The molecule has 0 aromatic carbocycles. The number of phosphoric acid groups is 1. The molecule has 6 fully saturated rings.